The molecule has 3 heteroatoms. The molecule has 0 unspecified atom stereocenters. The van der Waals surface area contributed by atoms with E-state index in [-0.39, 0.29) is 5.92 Å². The third kappa shape index (κ3) is 3.35. The Hall–Kier alpha value is -0.570. The minimum absolute atomic E-state index is 0.0844. The molecule has 1 N–H and O–H groups in total. The van der Waals surface area contributed by atoms with E-state index in [1.54, 1.807) is 7.11 Å². The molecule has 0 atom stereocenters. The maximum Gasteiger partial charge on any atom is 0.306 e. The van der Waals surface area contributed by atoms with Gasteiger partial charge in [0.15, 0.2) is 0 Å². The molecule has 76 valence electrons. The van der Waals surface area contributed by atoms with Gasteiger partial charge in [0, 0.05) is 13.7 Å². The second-order valence-electron chi connectivity index (χ2n) is 3.84. The summed E-state index contributed by atoms with van der Waals surface area (Å²) in [4.78, 5) is 10.7. The highest BCUT2D eigenvalue weighted by Gasteiger charge is 2.25. The smallest absolute Gasteiger partial charge is 0.306 e. The Bertz CT molecular complexity index is 160. The van der Waals surface area contributed by atoms with Crippen molar-refractivity contribution in [1.29, 1.82) is 0 Å². The zero-order valence-corrected chi connectivity index (χ0v) is 8.16. The second-order valence-corrected chi connectivity index (χ2v) is 3.84. The van der Waals surface area contributed by atoms with Gasteiger partial charge in [-0.25, -0.2) is 0 Å². The molecule has 0 aromatic rings. The molecular formula is C10H18O3. The van der Waals surface area contributed by atoms with Crippen LogP contribution in [-0.2, 0) is 9.53 Å². The van der Waals surface area contributed by atoms with Gasteiger partial charge in [-0.15, -0.1) is 0 Å². The van der Waals surface area contributed by atoms with Crippen molar-refractivity contribution in [2.24, 2.45) is 11.8 Å². The second kappa shape index (κ2) is 5.22. The number of carboxylic acids is 1. The lowest BCUT2D eigenvalue weighted by Gasteiger charge is -2.25. The van der Waals surface area contributed by atoms with Crippen molar-refractivity contribution in [3.63, 3.8) is 0 Å². The first-order valence-corrected chi connectivity index (χ1v) is 4.95. The van der Waals surface area contributed by atoms with Crippen molar-refractivity contribution < 1.29 is 14.6 Å². The fourth-order valence-corrected chi connectivity index (χ4v) is 1.98. The number of rotatable bonds is 4. The van der Waals surface area contributed by atoms with Crippen molar-refractivity contribution in [2.75, 3.05) is 13.7 Å². The van der Waals surface area contributed by atoms with E-state index in [1.165, 1.54) is 0 Å². The lowest BCUT2D eigenvalue weighted by molar-refractivity contribution is -0.143. The van der Waals surface area contributed by atoms with Crippen LogP contribution in [0, 0.1) is 11.8 Å². The van der Waals surface area contributed by atoms with E-state index in [0.717, 1.165) is 38.7 Å². The summed E-state index contributed by atoms with van der Waals surface area (Å²) >= 11 is 0. The first-order valence-electron chi connectivity index (χ1n) is 4.95. The summed E-state index contributed by atoms with van der Waals surface area (Å²) in [6.45, 7) is 0.808. The molecule has 0 radical (unpaired) electrons. The molecule has 0 aromatic heterocycles. The Morgan fingerprint density at radius 2 is 2.00 bits per heavy atom. The molecule has 1 aliphatic carbocycles. The molecule has 1 saturated carbocycles. The molecule has 0 aliphatic heterocycles. The van der Waals surface area contributed by atoms with Crippen LogP contribution in [0.15, 0.2) is 0 Å². The maximum atomic E-state index is 10.7. The Morgan fingerprint density at radius 3 is 2.46 bits per heavy atom. The maximum absolute atomic E-state index is 10.7. The first-order chi connectivity index (χ1) is 6.24. The topological polar surface area (TPSA) is 46.5 Å². The lowest BCUT2D eigenvalue weighted by Crippen LogP contribution is -2.21. The van der Waals surface area contributed by atoms with Crippen LogP contribution in [0.2, 0.25) is 0 Å². The van der Waals surface area contributed by atoms with Crippen LogP contribution in [0.4, 0.5) is 0 Å². The molecule has 0 amide bonds. The van der Waals surface area contributed by atoms with Gasteiger partial charge < -0.3 is 9.84 Å². The molecule has 0 bridgehead atoms. The average Bonchev–Trinajstić information content (AvgIpc) is 2.15. The predicted molar refractivity (Wildman–Crippen MR) is 49.6 cm³/mol. The number of carboxylic acid groups (broad SMARTS) is 1. The van der Waals surface area contributed by atoms with Crippen molar-refractivity contribution in [3.8, 4) is 0 Å². The number of hydrogen-bond donors (Lipinski definition) is 1. The molecule has 0 aromatic carbocycles. The van der Waals surface area contributed by atoms with Gasteiger partial charge in [0.2, 0.25) is 0 Å². The van der Waals surface area contributed by atoms with Gasteiger partial charge in [0.05, 0.1) is 5.92 Å². The fourth-order valence-electron chi connectivity index (χ4n) is 1.98. The van der Waals surface area contributed by atoms with E-state index in [4.69, 9.17) is 9.84 Å². The monoisotopic (exact) mass is 186 g/mol. The standard InChI is InChI=1S/C10H18O3/c1-13-7-6-8-2-4-9(5-3-8)10(11)12/h8-9H,2-7H2,1H3,(H,11,12). The van der Waals surface area contributed by atoms with E-state index in [2.05, 4.69) is 0 Å². The average molecular weight is 186 g/mol. The SMILES string of the molecule is COCCC1CCC(C(=O)O)CC1. The van der Waals surface area contributed by atoms with Gasteiger partial charge in [-0.3, -0.25) is 4.79 Å². The van der Waals surface area contributed by atoms with E-state index in [0.29, 0.717) is 5.92 Å². The van der Waals surface area contributed by atoms with Gasteiger partial charge in [-0.1, -0.05) is 0 Å². The zero-order valence-electron chi connectivity index (χ0n) is 8.16. The number of ether oxygens (including phenoxy) is 1. The van der Waals surface area contributed by atoms with Gasteiger partial charge in [-0.05, 0) is 38.0 Å². The molecule has 0 spiro atoms. The summed E-state index contributed by atoms with van der Waals surface area (Å²) < 4.78 is 5.00. The summed E-state index contributed by atoms with van der Waals surface area (Å²) in [5.41, 5.74) is 0. The quantitative estimate of drug-likeness (QED) is 0.729. The highest BCUT2D eigenvalue weighted by atomic mass is 16.5. The summed E-state index contributed by atoms with van der Waals surface area (Å²) in [5.74, 6) is -0.0143. The van der Waals surface area contributed by atoms with Crippen molar-refractivity contribution in [2.45, 2.75) is 32.1 Å². The molecule has 1 fully saturated rings. The zero-order chi connectivity index (χ0) is 9.68. The molecule has 1 aliphatic rings. The minimum Gasteiger partial charge on any atom is -0.481 e. The van der Waals surface area contributed by atoms with E-state index in [9.17, 15) is 4.79 Å². The molecule has 13 heavy (non-hydrogen) atoms. The van der Waals surface area contributed by atoms with Crippen LogP contribution in [0.5, 0.6) is 0 Å². The van der Waals surface area contributed by atoms with Gasteiger partial charge in [-0.2, -0.15) is 0 Å². The summed E-state index contributed by atoms with van der Waals surface area (Å²) in [5, 5.41) is 8.78. The third-order valence-corrected chi connectivity index (χ3v) is 2.93. The summed E-state index contributed by atoms with van der Waals surface area (Å²) in [6.07, 6.45) is 4.90. The van der Waals surface area contributed by atoms with Gasteiger partial charge in [0.1, 0.15) is 0 Å². The first kappa shape index (κ1) is 10.5. The normalized spacial score (nSPS) is 28.7. The largest absolute Gasteiger partial charge is 0.481 e. The highest BCUT2D eigenvalue weighted by Crippen LogP contribution is 2.30. The highest BCUT2D eigenvalue weighted by molar-refractivity contribution is 5.69. The van der Waals surface area contributed by atoms with Crippen LogP contribution in [-0.4, -0.2) is 24.8 Å². The van der Waals surface area contributed by atoms with Crippen LogP contribution in [0.3, 0.4) is 0 Å². The number of aliphatic carboxylic acids is 1. The molecular weight excluding hydrogens is 168 g/mol. The molecule has 3 nitrogen and oxygen atoms in total. The van der Waals surface area contributed by atoms with Crippen LogP contribution in [0.25, 0.3) is 0 Å². The molecule has 0 saturated heterocycles. The number of hydrogen-bond acceptors (Lipinski definition) is 2. The van der Waals surface area contributed by atoms with Crippen molar-refractivity contribution >= 4 is 5.97 Å². The Balaban J connectivity index is 2.18. The van der Waals surface area contributed by atoms with E-state index >= 15 is 0 Å². The third-order valence-electron chi connectivity index (χ3n) is 2.93. The lowest BCUT2D eigenvalue weighted by atomic mass is 9.81. The Kier molecular flexibility index (Phi) is 4.22. The minimum atomic E-state index is -0.620. The van der Waals surface area contributed by atoms with Gasteiger partial charge in [0.25, 0.3) is 0 Å². The van der Waals surface area contributed by atoms with E-state index in [1.807, 2.05) is 0 Å². The van der Waals surface area contributed by atoms with E-state index < -0.39 is 5.97 Å². The summed E-state index contributed by atoms with van der Waals surface area (Å²) in [7, 11) is 1.71. The van der Waals surface area contributed by atoms with Crippen molar-refractivity contribution in [1.82, 2.24) is 0 Å². The van der Waals surface area contributed by atoms with Crippen LogP contribution in [0.1, 0.15) is 32.1 Å². The molecule has 1 rings (SSSR count). The van der Waals surface area contributed by atoms with Gasteiger partial charge >= 0.3 is 5.97 Å². The van der Waals surface area contributed by atoms with Crippen LogP contribution < -0.4 is 0 Å². The molecule has 0 heterocycles. The predicted octanol–water partition coefficient (Wildman–Crippen LogP) is 1.91. The fraction of sp³-hybridized carbons (Fsp3) is 0.900. The Labute approximate surface area is 79.1 Å². The van der Waals surface area contributed by atoms with Crippen LogP contribution >= 0.6 is 0 Å². The number of carbonyl (C=O) groups is 1. The number of methoxy groups -OCH3 is 1. The van der Waals surface area contributed by atoms with Crippen molar-refractivity contribution in [3.05, 3.63) is 0 Å². The Morgan fingerprint density at radius 1 is 1.38 bits per heavy atom. The summed E-state index contributed by atoms with van der Waals surface area (Å²) in [6, 6.07) is 0.